The van der Waals surface area contributed by atoms with Crippen molar-refractivity contribution in [3.63, 3.8) is 0 Å². The number of hydrogen-bond donors (Lipinski definition) is 3. The maximum absolute atomic E-state index is 12.7. The van der Waals surface area contributed by atoms with Crippen LogP contribution >= 0.6 is 0 Å². The number of carbonyl (C=O) groups excluding carboxylic acids is 2. The fraction of sp³-hybridized carbons (Fsp3) is 0.389. The van der Waals surface area contributed by atoms with Gasteiger partial charge in [-0.25, -0.2) is 5.01 Å². The van der Waals surface area contributed by atoms with Gasteiger partial charge in [-0.3, -0.25) is 20.3 Å². The number of amides is 2. The number of allylic oxidation sites excluding steroid dienone is 1. The number of carbonyl (C=O) groups is 2. The Morgan fingerprint density at radius 1 is 1.28 bits per heavy atom. The van der Waals surface area contributed by atoms with Crippen molar-refractivity contribution < 1.29 is 9.59 Å². The van der Waals surface area contributed by atoms with Gasteiger partial charge in [-0.2, -0.15) is 4.99 Å². The third-order valence-corrected chi connectivity index (χ3v) is 4.24. The van der Waals surface area contributed by atoms with Crippen molar-refractivity contribution in [2.75, 3.05) is 5.32 Å². The lowest BCUT2D eigenvalue weighted by Gasteiger charge is -2.32. The Labute approximate surface area is 147 Å². The SMILES string of the molecule is CC(C)=C1N=C2NC(=O)CC(C(=O)Nc3ccc(C(C)C)cc3)N2N1. The predicted molar refractivity (Wildman–Crippen MR) is 96.5 cm³/mol. The first kappa shape index (κ1) is 17.0. The van der Waals surface area contributed by atoms with E-state index >= 15 is 0 Å². The van der Waals surface area contributed by atoms with Gasteiger partial charge in [0.15, 0.2) is 0 Å². The van der Waals surface area contributed by atoms with Gasteiger partial charge < -0.3 is 5.32 Å². The summed E-state index contributed by atoms with van der Waals surface area (Å²) < 4.78 is 0. The highest BCUT2D eigenvalue weighted by Gasteiger charge is 2.39. The molecule has 2 amide bonds. The van der Waals surface area contributed by atoms with Crippen LogP contribution in [0.5, 0.6) is 0 Å². The van der Waals surface area contributed by atoms with Crippen molar-refractivity contribution in [2.45, 2.75) is 46.1 Å². The van der Waals surface area contributed by atoms with E-state index in [9.17, 15) is 9.59 Å². The summed E-state index contributed by atoms with van der Waals surface area (Å²) in [6.07, 6.45) is 0.0674. The summed E-state index contributed by atoms with van der Waals surface area (Å²) in [4.78, 5) is 29.0. The lowest BCUT2D eigenvalue weighted by atomic mass is 10.0. The van der Waals surface area contributed by atoms with Crippen LogP contribution in [0.25, 0.3) is 0 Å². The molecule has 1 fully saturated rings. The molecule has 0 radical (unpaired) electrons. The molecule has 0 bridgehead atoms. The zero-order valence-corrected chi connectivity index (χ0v) is 14.9. The number of nitrogens with one attached hydrogen (secondary N) is 3. The van der Waals surface area contributed by atoms with Gasteiger partial charge in [0.05, 0.1) is 6.42 Å². The molecule has 1 aromatic carbocycles. The monoisotopic (exact) mass is 341 g/mol. The van der Waals surface area contributed by atoms with Crippen LogP contribution in [0, 0.1) is 0 Å². The average molecular weight is 341 g/mol. The highest BCUT2D eigenvalue weighted by Crippen LogP contribution is 2.21. The summed E-state index contributed by atoms with van der Waals surface area (Å²) in [5.41, 5.74) is 5.98. The molecule has 3 N–H and O–H groups in total. The average Bonchev–Trinajstić information content (AvgIpc) is 2.98. The van der Waals surface area contributed by atoms with E-state index in [1.807, 2.05) is 38.1 Å². The molecule has 7 nitrogen and oxygen atoms in total. The Hall–Kier alpha value is -2.83. The Kier molecular flexibility index (Phi) is 4.48. The Balaban J connectivity index is 1.76. The second-order valence-corrected chi connectivity index (χ2v) is 6.80. The quantitative estimate of drug-likeness (QED) is 0.785. The molecule has 0 saturated carbocycles. The minimum Gasteiger partial charge on any atom is -0.324 e. The van der Waals surface area contributed by atoms with Crippen molar-refractivity contribution >= 4 is 23.5 Å². The lowest BCUT2D eigenvalue weighted by molar-refractivity contribution is -0.129. The van der Waals surface area contributed by atoms with Crippen molar-refractivity contribution in [3.05, 3.63) is 41.2 Å². The maximum Gasteiger partial charge on any atom is 0.249 e. The van der Waals surface area contributed by atoms with Crippen LogP contribution in [0.2, 0.25) is 0 Å². The van der Waals surface area contributed by atoms with Gasteiger partial charge >= 0.3 is 0 Å². The molecule has 0 aliphatic carbocycles. The molecule has 1 saturated heterocycles. The summed E-state index contributed by atoms with van der Waals surface area (Å²) in [6, 6.07) is 7.09. The Bertz CT molecular complexity index is 760. The van der Waals surface area contributed by atoms with Crippen LogP contribution in [-0.4, -0.2) is 28.8 Å². The van der Waals surface area contributed by atoms with Crippen molar-refractivity contribution in [2.24, 2.45) is 4.99 Å². The van der Waals surface area contributed by atoms with Crippen molar-refractivity contribution in [3.8, 4) is 0 Å². The highest BCUT2D eigenvalue weighted by molar-refractivity contribution is 6.07. The van der Waals surface area contributed by atoms with Gasteiger partial charge in [0.2, 0.25) is 17.8 Å². The summed E-state index contributed by atoms with van der Waals surface area (Å²) >= 11 is 0. The van der Waals surface area contributed by atoms with E-state index in [4.69, 9.17) is 0 Å². The first-order valence-corrected chi connectivity index (χ1v) is 8.38. The van der Waals surface area contributed by atoms with E-state index in [2.05, 4.69) is 34.9 Å². The molecule has 0 aromatic heterocycles. The molecule has 0 spiro atoms. The van der Waals surface area contributed by atoms with Crippen LogP contribution in [0.1, 0.15) is 45.6 Å². The normalized spacial score (nSPS) is 19.2. The van der Waals surface area contributed by atoms with Gasteiger partial charge in [0.1, 0.15) is 11.9 Å². The standard InChI is InChI=1S/C18H23N5O2/c1-10(2)12-5-7-13(8-6-12)19-17(25)14-9-15(24)20-18-21-16(11(3)4)22-23(14)18/h5-8,10,14,22H,9H2,1-4H3,(H,19,25)(H,20,21,24). The number of fused-ring (bicyclic) bond motifs is 1. The van der Waals surface area contributed by atoms with E-state index in [1.165, 1.54) is 5.56 Å². The third kappa shape index (κ3) is 3.50. The molecule has 3 rings (SSSR count). The van der Waals surface area contributed by atoms with Gasteiger partial charge in [0.25, 0.3) is 0 Å². The summed E-state index contributed by atoms with van der Waals surface area (Å²) in [7, 11) is 0. The first-order chi connectivity index (χ1) is 11.8. The first-order valence-electron chi connectivity index (χ1n) is 8.38. The summed E-state index contributed by atoms with van der Waals surface area (Å²) in [5.74, 6) is 0.977. The molecular weight excluding hydrogens is 318 g/mol. The van der Waals surface area contributed by atoms with Crippen molar-refractivity contribution in [1.29, 1.82) is 0 Å². The molecular formula is C18H23N5O2. The number of hydrazine groups is 1. The van der Waals surface area contributed by atoms with Gasteiger partial charge in [0, 0.05) is 5.69 Å². The third-order valence-electron chi connectivity index (χ3n) is 4.24. The zero-order valence-electron chi connectivity index (χ0n) is 14.9. The number of nitrogens with zero attached hydrogens (tertiary/aromatic N) is 2. The van der Waals surface area contributed by atoms with Crippen molar-refractivity contribution in [1.82, 2.24) is 15.8 Å². The number of aliphatic imine (C=N–C) groups is 1. The van der Waals surface area contributed by atoms with Crippen LogP contribution in [-0.2, 0) is 9.59 Å². The zero-order chi connectivity index (χ0) is 18.1. The van der Waals surface area contributed by atoms with Gasteiger partial charge in [-0.1, -0.05) is 26.0 Å². The lowest BCUT2D eigenvalue weighted by Crippen LogP contribution is -2.61. The Morgan fingerprint density at radius 2 is 1.96 bits per heavy atom. The maximum atomic E-state index is 12.7. The summed E-state index contributed by atoms with van der Waals surface area (Å²) in [5, 5.41) is 7.19. The molecule has 2 aliphatic rings. The fourth-order valence-electron chi connectivity index (χ4n) is 2.72. The molecule has 25 heavy (non-hydrogen) atoms. The van der Waals surface area contributed by atoms with Crippen LogP contribution in [0.3, 0.4) is 0 Å². The number of guanidine groups is 1. The molecule has 1 aromatic rings. The minimum atomic E-state index is -0.658. The predicted octanol–water partition coefficient (Wildman–Crippen LogP) is 2.06. The van der Waals surface area contributed by atoms with Gasteiger partial charge in [-0.05, 0) is 43.0 Å². The minimum absolute atomic E-state index is 0.0674. The van der Waals surface area contributed by atoms with E-state index in [0.717, 1.165) is 5.57 Å². The molecule has 132 valence electrons. The largest absolute Gasteiger partial charge is 0.324 e. The molecule has 7 heteroatoms. The van der Waals surface area contributed by atoms with E-state index in [0.29, 0.717) is 23.4 Å². The highest BCUT2D eigenvalue weighted by atomic mass is 16.2. The fourth-order valence-corrected chi connectivity index (χ4v) is 2.72. The van der Waals surface area contributed by atoms with E-state index in [1.54, 1.807) is 5.01 Å². The smallest absolute Gasteiger partial charge is 0.249 e. The Morgan fingerprint density at radius 3 is 2.56 bits per heavy atom. The number of benzene rings is 1. The molecule has 1 atom stereocenters. The summed E-state index contributed by atoms with van der Waals surface area (Å²) in [6.45, 7) is 8.07. The molecule has 1 unspecified atom stereocenters. The number of hydrogen-bond acceptors (Lipinski definition) is 5. The van der Waals surface area contributed by atoms with Crippen LogP contribution in [0.4, 0.5) is 5.69 Å². The second-order valence-electron chi connectivity index (χ2n) is 6.80. The topological polar surface area (TPSA) is 85.8 Å². The van der Waals surface area contributed by atoms with Gasteiger partial charge in [-0.15, -0.1) is 0 Å². The molecule has 2 aliphatic heterocycles. The van der Waals surface area contributed by atoms with E-state index < -0.39 is 6.04 Å². The van der Waals surface area contributed by atoms with Crippen LogP contribution in [0.15, 0.2) is 40.7 Å². The van der Waals surface area contributed by atoms with Crippen LogP contribution < -0.4 is 16.1 Å². The molecule has 2 heterocycles. The second kappa shape index (κ2) is 6.58. The number of rotatable bonds is 3. The van der Waals surface area contributed by atoms with E-state index in [-0.39, 0.29) is 18.2 Å². The number of anilines is 1.